The first-order chi connectivity index (χ1) is 12.0. The van der Waals surface area contributed by atoms with Crippen molar-refractivity contribution in [2.24, 2.45) is 0 Å². The average molecular weight is 357 g/mol. The second kappa shape index (κ2) is 7.23. The minimum Gasteiger partial charge on any atom is -0.343 e. The van der Waals surface area contributed by atoms with Crippen molar-refractivity contribution in [1.29, 1.82) is 0 Å². The van der Waals surface area contributed by atoms with Crippen LogP contribution >= 0.6 is 11.8 Å². The Kier molecular flexibility index (Phi) is 5.03. The quantitative estimate of drug-likeness (QED) is 0.904. The molecule has 1 aliphatic heterocycles. The fraction of sp³-hybridized carbons (Fsp3) is 0.333. The van der Waals surface area contributed by atoms with Crippen molar-refractivity contribution in [1.82, 2.24) is 15.1 Å². The van der Waals surface area contributed by atoms with Crippen LogP contribution in [0, 0.1) is 6.92 Å². The third kappa shape index (κ3) is 3.82. The molecule has 1 amide bonds. The number of aryl methyl sites for hydroxylation is 1. The first kappa shape index (κ1) is 17.4. The maximum absolute atomic E-state index is 12.4. The van der Waals surface area contributed by atoms with Gasteiger partial charge < -0.3 is 5.32 Å². The molecule has 2 heterocycles. The molecule has 2 unspecified atom stereocenters. The maximum atomic E-state index is 12.4. The van der Waals surface area contributed by atoms with E-state index < -0.39 is 12.1 Å². The topological polar surface area (TPSA) is 81.1 Å². The highest BCUT2D eigenvalue weighted by molar-refractivity contribution is 8.14. The number of amides is 1. The van der Waals surface area contributed by atoms with Crippen LogP contribution in [0.1, 0.15) is 24.9 Å². The van der Waals surface area contributed by atoms with E-state index in [1.165, 1.54) is 17.8 Å². The van der Waals surface area contributed by atoms with E-state index in [4.69, 9.17) is 0 Å². The Morgan fingerprint density at radius 1 is 1.24 bits per heavy atom. The van der Waals surface area contributed by atoms with Crippen LogP contribution in [0.2, 0.25) is 0 Å². The lowest BCUT2D eigenvalue weighted by Gasteiger charge is -2.17. The zero-order valence-electron chi connectivity index (χ0n) is 14.1. The van der Waals surface area contributed by atoms with Gasteiger partial charge in [0.25, 0.3) is 5.56 Å². The number of benzene rings is 1. The first-order valence-electron chi connectivity index (χ1n) is 8.09. The van der Waals surface area contributed by atoms with E-state index in [-0.39, 0.29) is 16.6 Å². The van der Waals surface area contributed by atoms with Gasteiger partial charge in [0.1, 0.15) is 6.04 Å². The summed E-state index contributed by atoms with van der Waals surface area (Å²) < 4.78 is 1.16. The van der Waals surface area contributed by atoms with Crippen molar-refractivity contribution in [3.05, 3.63) is 52.3 Å². The number of rotatable bonds is 4. The molecule has 0 spiro atoms. The Balaban J connectivity index is 1.84. The van der Waals surface area contributed by atoms with E-state index in [1.807, 2.05) is 31.2 Å². The van der Waals surface area contributed by atoms with Gasteiger partial charge in [-0.3, -0.25) is 14.4 Å². The van der Waals surface area contributed by atoms with Crippen LogP contribution in [0.15, 0.2) is 41.2 Å². The van der Waals surface area contributed by atoms with Gasteiger partial charge in [-0.2, -0.15) is 5.10 Å². The van der Waals surface area contributed by atoms with Crippen molar-refractivity contribution >= 4 is 22.8 Å². The van der Waals surface area contributed by atoms with Crippen LogP contribution in [0.4, 0.5) is 0 Å². The smallest absolute Gasteiger partial charge is 0.267 e. The minimum atomic E-state index is -0.795. The fourth-order valence-electron chi connectivity index (χ4n) is 2.61. The van der Waals surface area contributed by atoms with E-state index >= 15 is 0 Å². The number of hydrogen-bond donors (Lipinski definition) is 1. The van der Waals surface area contributed by atoms with Crippen LogP contribution in [-0.2, 0) is 9.59 Å². The summed E-state index contributed by atoms with van der Waals surface area (Å²) in [4.78, 5) is 36.2. The van der Waals surface area contributed by atoms with Gasteiger partial charge in [-0.25, -0.2) is 4.68 Å². The van der Waals surface area contributed by atoms with Gasteiger partial charge in [-0.05, 0) is 26.3 Å². The number of nitrogens with zero attached hydrogens (tertiary/aromatic N) is 2. The molecular formula is C18H19N3O3S. The summed E-state index contributed by atoms with van der Waals surface area (Å²) in [5, 5.41) is 7.02. The summed E-state index contributed by atoms with van der Waals surface area (Å²) in [5.74, 6) is 0.329. The standard InChI is InChI=1S/C18H19N3O3S/c1-11-3-5-13(6-4-11)14-7-8-16(22)21(20-14)12(2)17(23)19-15-9-10-25-18(15)24/h3-8,12,15H,9-10H2,1-2H3,(H,19,23). The van der Waals surface area contributed by atoms with Crippen LogP contribution in [0.3, 0.4) is 0 Å². The molecule has 0 radical (unpaired) electrons. The Morgan fingerprint density at radius 2 is 1.96 bits per heavy atom. The summed E-state index contributed by atoms with van der Waals surface area (Å²) in [7, 11) is 0. The molecule has 7 heteroatoms. The molecule has 25 heavy (non-hydrogen) atoms. The molecule has 3 rings (SSSR count). The predicted octanol–water partition coefficient (Wildman–Crippen LogP) is 1.93. The Morgan fingerprint density at radius 3 is 2.60 bits per heavy atom. The van der Waals surface area contributed by atoms with Crippen LogP contribution in [-0.4, -0.2) is 32.6 Å². The lowest BCUT2D eigenvalue weighted by molar-refractivity contribution is -0.127. The zero-order chi connectivity index (χ0) is 18.0. The molecule has 1 aliphatic rings. The highest BCUT2D eigenvalue weighted by Gasteiger charge is 2.29. The van der Waals surface area contributed by atoms with Gasteiger partial charge in [0.2, 0.25) is 11.0 Å². The molecule has 0 bridgehead atoms. The number of thioether (sulfide) groups is 1. The van der Waals surface area contributed by atoms with Gasteiger partial charge in [0.15, 0.2) is 0 Å². The molecule has 2 atom stereocenters. The van der Waals surface area contributed by atoms with E-state index in [9.17, 15) is 14.4 Å². The first-order valence-corrected chi connectivity index (χ1v) is 9.08. The second-order valence-electron chi connectivity index (χ2n) is 6.06. The Labute approximate surface area is 149 Å². The highest BCUT2D eigenvalue weighted by atomic mass is 32.2. The minimum absolute atomic E-state index is 0.0331. The van der Waals surface area contributed by atoms with E-state index in [2.05, 4.69) is 10.4 Å². The number of hydrogen-bond acceptors (Lipinski definition) is 5. The number of carbonyl (C=O) groups is 2. The van der Waals surface area contributed by atoms with Gasteiger partial charge in [0, 0.05) is 17.4 Å². The maximum Gasteiger partial charge on any atom is 0.267 e. The van der Waals surface area contributed by atoms with E-state index in [0.29, 0.717) is 17.9 Å². The highest BCUT2D eigenvalue weighted by Crippen LogP contribution is 2.20. The van der Waals surface area contributed by atoms with Crippen molar-refractivity contribution in [2.45, 2.75) is 32.4 Å². The average Bonchev–Trinajstić information content (AvgIpc) is 3.00. The van der Waals surface area contributed by atoms with Crippen molar-refractivity contribution in [3.63, 3.8) is 0 Å². The predicted molar refractivity (Wildman–Crippen MR) is 97.4 cm³/mol. The zero-order valence-corrected chi connectivity index (χ0v) is 14.9. The summed E-state index contributed by atoms with van der Waals surface area (Å²) in [6.45, 7) is 3.60. The largest absolute Gasteiger partial charge is 0.343 e. The number of carbonyl (C=O) groups excluding carboxylic acids is 2. The number of aromatic nitrogens is 2. The van der Waals surface area contributed by atoms with Crippen LogP contribution in [0.5, 0.6) is 0 Å². The summed E-state index contributed by atoms with van der Waals surface area (Å²) in [6, 6.07) is 9.55. The molecule has 1 fully saturated rings. The Bertz CT molecular complexity index is 861. The van der Waals surface area contributed by atoms with Crippen LogP contribution in [0.25, 0.3) is 11.3 Å². The molecule has 1 N–H and O–H groups in total. The SMILES string of the molecule is Cc1ccc(-c2ccc(=O)n(C(C)C(=O)NC3CCSC3=O)n2)cc1. The monoisotopic (exact) mass is 357 g/mol. The third-order valence-corrected chi connectivity index (χ3v) is 5.18. The molecule has 0 saturated carbocycles. The molecular weight excluding hydrogens is 338 g/mol. The number of nitrogens with one attached hydrogen (secondary N) is 1. The normalized spacial score (nSPS) is 18.2. The summed E-state index contributed by atoms with van der Waals surface area (Å²) in [5.41, 5.74) is 2.26. The summed E-state index contributed by atoms with van der Waals surface area (Å²) in [6.07, 6.45) is 0.619. The van der Waals surface area contributed by atoms with E-state index in [1.54, 1.807) is 13.0 Å². The van der Waals surface area contributed by atoms with Gasteiger partial charge in [-0.1, -0.05) is 41.6 Å². The van der Waals surface area contributed by atoms with Gasteiger partial charge in [-0.15, -0.1) is 0 Å². The molecule has 130 valence electrons. The lowest BCUT2D eigenvalue weighted by Crippen LogP contribution is -2.43. The fourth-order valence-corrected chi connectivity index (χ4v) is 3.54. The molecule has 0 aliphatic carbocycles. The lowest BCUT2D eigenvalue weighted by atomic mass is 10.1. The molecule has 1 aromatic carbocycles. The molecule has 1 aromatic heterocycles. The van der Waals surface area contributed by atoms with Crippen LogP contribution < -0.4 is 10.9 Å². The third-order valence-electron chi connectivity index (χ3n) is 4.17. The molecule has 1 saturated heterocycles. The van der Waals surface area contributed by atoms with Crippen molar-refractivity contribution in [3.8, 4) is 11.3 Å². The van der Waals surface area contributed by atoms with Gasteiger partial charge >= 0.3 is 0 Å². The molecule has 2 aromatic rings. The Hall–Kier alpha value is -2.41. The molecule has 6 nitrogen and oxygen atoms in total. The van der Waals surface area contributed by atoms with Crippen molar-refractivity contribution < 1.29 is 9.59 Å². The van der Waals surface area contributed by atoms with Crippen molar-refractivity contribution in [2.75, 3.05) is 5.75 Å². The van der Waals surface area contributed by atoms with Gasteiger partial charge in [0.05, 0.1) is 11.7 Å². The second-order valence-corrected chi connectivity index (χ2v) is 7.16. The summed E-state index contributed by atoms with van der Waals surface area (Å²) >= 11 is 1.22. The van der Waals surface area contributed by atoms with E-state index in [0.717, 1.165) is 15.8 Å².